The van der Waals surface area contributed by atoms with E-state index < -0.39 is 0 Å². The molecule has 2 N–H and O–H groups in total. The Morgan fingerprint density at radius 3 is 2.93 bits per heavy atom. The van der Waals surface area contributed by atoms with Gasteiger partial charge in [0.15, 0.2) is 0 Å². The number of nitrogens with zero attached hydrogens (tertiary/aromatic N) is 3. The van der Waals surface area contributed by atoms with Gasteiger partial charge in [-0.1, -0.05) is 0 Å². The second kappa shape index (κ2) is 5.27. The second-order valence-corrected chi connectivity index (χ2v) is 4.36. The van der Waals surface area contributed by atoms with Crippen molar-refractivity contribution in [2.24, 2.45) is 5.73 Å². The van der Waals surface area contributed by atoms with Gasteiger partial charge >= 0.3 is 0 Å². The van der Waals surface area contributed by atoms with Crippen molar-refractivity contribution in [1.29, 1.82) is 0 Å². The number of hydrogen-bond acceptors (Lipinski definition) is 3. The Kier molecular flexibility index (Phi) is 4.28. The molecule has 1 unspecified atom stereocenters. The summed E-state index contributed by atoms with van der Waals surface area (Å²) in [5.74, 6) is 0.00329. The normalized spacial score (nSPS) is 12.5. The lowest BCUT2D eigenvalue weighted by molar-refractivity contribution is -0.132. The zero-order valence-electron chi connectivity index (χ0n) is 8.85. The maximum atomic E-state index is 11.7. The zero-order chi connectivity index (χ0) is 11.4. The summed E-state index contributed by atoms with van der Waals surface area (Å²) in [5, 5.41) is 4.01. The maximum absolute atomic E-state index is 11.7. The standard InChI is InChI=1S/C9H15BrN4O/c1-7(3-11)13(2)9(15)6-14-5-8(10)4-12-14/h4-5,7H,3,6,11H2,1-2H3. The second-order valence-electron chi connectivity index (χ2n) is 3.45. The van der Waals surface area contributed by atoms with Gasteiger partial charge in [-0.2, -0.15) is 5.10 Å². The number of hydrogen-bond donors (Lipinski definition) is 1. The van der Waals surface area contributed by atoms with Gasteiger partial charge in [0.05, 0.1) is 10.7 Å². The Morgan fingerprint density at radius 1 is 1.80 bits per heavy atom. The zero-order valence-corrected chi connectivity index (χ0v) is 10.4. The fourth-order valence-corrected chi connectivity index (χ4v) is 1.41. The lowest BCUT2D eigenvalue weighted by atomic mass is 10.3. The highest BCUT2D eigenvalue weighted by molar-refractivity contribution is 9.10. The Labute approximate surface area is 97.4 Å². The molecule has 0 aromatic carbocycles. The van der Waals surface area contributed by atoms with Crippen LogP contribution >= 0.6 is 15.9 Å². The number of likely N-dealkylation sites (N-methyl/N-ethyl adjacent to an activating group) is 1. The topological polar surface area (TPSA) is 64.2 Å². The quantitative estimate of drug-likeness (QED) is 0.867. The first-order chi connectivity index (χ1) is 7.04. The van der Waals surface area contributed by atoms with Gasteiger partial charge in [0.1, 0.15) is 6.54 Å². The maximum Gasteiger partial charge on any atom is 0.244 e. The van der Waals surface area contributed by atoms with Gasteiger partial charge in [-0.05, 0) is 22.9 Å². The number of halogens is 1. The van der Waals surface area contributed by atoms with E-state index in [0.29, 0.717) is 6.54 Å². The van der Waals surface area contributed by atoms with Crippen LogP contribution in [0.1, 0.15) is 6.92 Å². The molecule has 6 heteroatoms. The van der Waals surface area contributed by atoms with E-state index in [-0.39, 0.29) is 18.5 Å². The Morgan fingerprint density at radius 2 is 2.47 bits per heavy atom. The lowest BCUT2D eigenvalue weighted by Gasteiger charge is -2.23. The minimum Gasteiger partial charge on any atom is -0.340 e. The average Bonchev–Trinajstić information content (AvgIpc) is 2.61. The van der Waals surface area contributed by atoms with Crippen LogP contribution in [0.2, 0.25) is 0 Å². The molecule has 1 rings (SSSR count). The highest BCUT2D eigenvalue weighted by atomic mass is 79.9. The number of carbonyl (C=O) groups excluding carboxylic acids is 1. The van der Waals surface area contributed by atoms with Crippen LogP contribution in [0.5, 0.6) is 0 Å². The Bertz CT molecular complexity index is 339. The van der Waals surface area contributed by atoms with Crippen molar-refractivity contribution in [1.82, 2.24) is 14.7 Å². The number of aromatic nitrogens is 2. The van der Waals surface area contributed by atoms with Crippen molar-refractivity contribution in [2.75, 3.05) is 13.6 Å². The molecular formula is C9H15BrN4O. The molecule has 0 spiro atoms. The fraction of sp³-hybridized carbons (Fsp3) is 0.556. The molecule has 1 aromatic heterocycles. The number of carbonyl (C=O) groups is 1. The molecule has 1 heterocycles. The molecule has 1 atom stereocenters. The van der Waals surface area contributed by atoms with Gasteiger partial charge in [0.25, 0.3) is 0 Å². The van der Waals surface area contributed by atoms with Crippen LogP contribution in [-0.4, -0.2) is 40.2 Å². The smallest absolute Gasteiger partial charge is 0.244 e. The van der Waals surface area contributed by atoms with Crippen LogP contribution in [-0.2, 0) is 11.3 Å². The highest BCUT2D eigenvalue weighted by Crippen LogP contribution is 2.06. The number of rotatable bonds is 4. The predicted octanol–water partition coefficient (Wildman–Crippen LogP) is 0.451. The third-order valence-electron chi connectivity index (χ3n) is 2.29. The predicted molar refractivity (Wildman–Crippen MR) is 61.2 cm³/mol. The van der Waals surface area contributed by atoms with Crippen LogP contribution < -0.4 is 5.73 Å². The molecule has 0 aliphatic carbocycles. The van der Waals surface area contributed by atoms with Gasteiger partial charge in [-0.3, -0.25) is 9.48 Å². The first-order valence-electron chi connectivity index (χ1n) is 4.68. The van der Waals surface area contributed by atoms with Crippen LogP contribution in [0.3, 0.4) is 0 Å². The molecule has 1 amide bonds. The SMILES string of the molecule is CC(CN)N(C)C(=O)Cn1cc(Br)cn1. The van der Waals surface area contributed by atoms with Crippen LogP contribution in [0.25, 0.3) is 0 Å². The molecule has 0 saturated carbocycles. The summed E-state index contributed by atoms with van der Waals surface area (Å²) < 4.78 is 2.46. The largest absolute Gasteiger partial charge is 0.340 e. The minimum absolute atomic E-state index is 0.00329. The molecule has 0 radical (unpaired) electrons. The van der Waals surface area contributed by atoms with E-state index in [1.807, 2.05) is 6.92 Å². The van der Waals surface area contributed by atoms with Gasteiger partial charge < -0.3 is 10.6 Å². The summed E-state index contributed by atoms with van der Waals surface area (Å²) in [6.07, 6.45) is 3.42. The summed E-state index contributed by atoms with van der Waals surface area (Å²) in [6, 6.07) is 0.0523. The van der Waals surface area contributed by atoms with Crippen molar-refractivity contribution in [3.63, 3.8) is 0 Å². The van der Waals surface area contributed by atoms with E-state index in [4.69, 9.17) is 5.73 Å². The summed E-state index contributed by atoms with van der Waals surface area (Å²) in [7, 11) is 1.75. The molecule has 0 aliphatic rings. The third-order valence-corrected chi connectivity index (χ3v) is 2.70. The molecule has 1 aromatic rings. The van der Waals surface area contributed by atoms with Crippen LogP contribution in [0.15, 0.2) is 16.9 Å². The number of nitrogens with two attached hydrogens (primary N) is 1. The fourth-order valence-electron chi connectivity index (χ4n) is 1.08. The molecule has 5 nitrogen and oxygen atoms in total. The number of amides is 1. The molecule has 0 bridgehead atoms. The first-order valence-corrected chi connectivity index (χ1v) is 5.47. The summed E-state index contributed by atoms with van der Waals surface area (Å²) in [5.41, 5.74) is 5.48. The van der Waals surface area contributed by atoms with E-state index in [9.17, 15) is 4.79 Å². The van der Waals surface area contributed by atoms with Gasteiger partial charge in [0.2, 0.25) is 5.91 Å². The third kappa shape index (κ3) is 3.32. The van der Waals surface area contributed by atoms with Crippen molar-refractivity contribution in [3.8, 4) is 0 Å². The van der Waals surface area contributed by atoms with Gasteiger partial charge in [-0.25, -0.2) is 0 Å². The van der Waals surface area contributed by atoms with Crippen molar-refractivity contribution in [2.45, 2.75) is 19.5 Å². The van der Waals surface area contributed by atoms with Crippen LogP contribution in [0.4, 0.5) is 0 Å². The Hall–Kier alpha value is -0.880. The van der Waals surface area contributed by atoms with Crippen molar-refractivity contribution < 1.29 is 4.79 Å². The summed E-state index contributed by atoms with van der Waals surface area (Å²) in [4.78, 5) is 13.4. The van der Waals surface area contributed by atoms with Crippen molar-refractivity contribution in [3.05, 3.63) is 16.9 Å². The van der Waals surface area contributed by atoms with Gasteiger partial charge in [0, 0.05) is 25.8 Å². The molecular weight excluding hydrogens is 260 g/mol. The molecule has 0 fully saturated rings. The summed E-state index contributed by atoms with van der Waals surface area (Å²) >= 11 is 3.27. The molecule has 0 saturated heterocycles. The lowest BCUT2D eigenvalue weighted by Crippen LogP contribution is -2.41. The molecule has 15 heavy (non-hydrogen) atoms. The van der Waals surface area contributed by atoms with E-state index in [2.05, 4.69) is 21.0 Å². The first kappa shape index (κ1) is 12.2. The van der Waals surface area contributed by atoms with Crippen molar-refractivity contribution >= 4 is 21.8 Å². The van der Waals surface area contributed by atoms with Gasteiger partial charge in [-0.15, -0.1) is 0 Å². The van der Waals surface area contributed by atoms with E-state index in [0.717, 1.165) is 4.47 Å². The van der Waals surface area contributed by atoms with E-state index in [1.165, 1.54) is 0 Å². The van der Waals surface area contributed by atoms with E-state index >= 15 is 0 Å². The monoisotopic (exact) mass is 274 g/mol. The summed E-state index contributed by atoms with van der Waals surface area (Å²) in [6.45, 7) is 2.62. The van der Waals surface area contributed by atoms with E-state index in [1.54, 1.807) is 29.0 Å². The minimum atomic E-state index is 0.00329. The van der Waals surface area contributed by atoms with Crippen LogP contribution in [0, 0.1) is 0 Å². The molecule has 0 aliphatic heterocycles. The molecule has 84 valence electrons. The Balaban J connectivity index is 2.55. The highest BCUT2D eigenvalue weighted by Gasteiger charge is 2.14. The average molecular weight is 275 g/mol.